The number of nitrogens with one attached hydrogen (secondary N) is 1. The molecule has 2 aromatic rings. The largest absolute Gasteiger partial charge is 0.439 e. The van der Waals surface area contributed by atoms with Crippen LogP contribution in [-0.2, 0) is 6.54 Å². The quantitative estimate of drug-likeness (QED) is 0.659. The summed E-state index contributed by atoms with van der Waals surface area (Å²) in [6.45, 7) is 0.741. The second kappa shape index (κ2) is 5.92. The van der Waals surface area contributed by atoms with E-state index in [4.69, 9.17) is 4.74 Å². The van der Waals surface area contributed by atoms with Crippen molar-refractivity contribution in [2.24, 2.45) is 0 Å². The van der Waals surface area contributed by atoms with Crippen LogP contribution in [0.5, 0.6) is 11.6 Å². The fourth-order valence-electron chi connectivity index (χ4n) is 1.54. The summed E-state index contributed by atoms with van der Waals surface area (Å²) in [5.74, 6) is 0.966. The highest BCUT2D eigenvalue weighted by Gasteiger charge is 2.05. The summed E-state index contributed by atoms with van der Waals surface area (Å²) in [7, 11) is 1.86. The van der Waals surface area contributed by atoms with E-state index in [1.807, 2.05) is 13.1 Å². The highest BCUT2D eigenvalue weighted by Crippen LogP contribution is 2.22. The van der Waals surface area contributed by atoms with Gasteiger partial charge in [0.05, 0.1) is 4.92 Å². The average molecular weight is 259 g/mol. The van der Waals surface area contributed by atoms with Crippen LogP contribution >= 0.6 is 0 Å². The molecule has 0 unspecified atom stereocenters. The number of benzene rings is 1. The molecule has 1 heterocycles. The molecular weight excluding hydrogens is 246 g/mol. The van der Waals surface area contributed by atoms with Gasteiger partial charge in [0.2, 0.25) is 5.88 Å². The molecule has 1 aromatic heterocycles. The highest BCUT2D eigenvalue weighted by molar-refractivity contribution is 5.37. The minimum atomic E-state index is -0.450. The molecule has 6 heteroatoms. The summed E-state index contributed by atoms with van der Waals surface area (Å²) in [4.78, 5) is 14.2. The van der Waals surface area contributed by atoms with Crippen molar-refractivity contribution in [2.45, 2.75) is 6.54 Å². The Morgan fingerprint density at radius 1 is 1.26 bits per heavy atom. The molecule has 0 saturated heterocycles. The maximum atomic E-state index is 10.5. The molecule has 0 amide bonds. The summed E-state index contributed by atoms with van der Waals surface area (Å²) in [6, 6.07) is 9.54. The van der Waals surface area contributed by atoms with E-state index < -0.39 is 4.92 Å². The van der Waals surface area contributed by atoms with Gasteiger partial charge in [0, 0.05) is 30.9 Å². The third-order valence-electron chi connectivity index (χ3n) is 2.45. The monoisotopic (exact) mass is 259 g/mol. The molecule has 6 nitrogen and oxygen atoms in total. The van der Waals surface area contributed by atoms with E-state index in [0.29, 0.717) is 11.6 Å². The van der Waals surface area contributed by atoms with Gasteiger partial charge in [0.1, 0.15) is 5.75 Å². The molecule has 0 aliphatic heterocycles. The Balaban J connectivity index is 2.06. The number of hydrogen-bond donors (Lipinski definition) is 1. The van der Waals surface area contributed by atoms with Crippen LogP contribution < -0.4 is 10.1 Å². The van der Waals surface area contributed by atoms with E-state index >= 15 is 0 Å². The topological polar surface area (TPSA) is 77.3 Å². The van der Waals surface area contributed by atoms with Gasteiger partial charge in [0.15, 0.2) is 0 Å². The third-order valence-corrected chi connectivity index (χ3v) is 2.45. The number of pyridine rings is 1. The van der Waals surface area contributed by atoms with E-state index in [2.05, 4.69) is 10.3 Å². The van der Waals surface area contributed by atoms with Crippen LogP contribution in [0.4, 0.5) is 5.69 Å². The molecule has 0 aliphatic carbocycles. The van der Waals surface area contributed by atoms with Crippen molar-refractivity contribution in [3.05, 3.63) is 58.3 Å². The van der Waals surface area contributed by atoms with Crippen molar-refractivity contribution in [2.75, 3.05) is 7.05 Å². The second-order valence-electron chi connectivity index (χ2n) is 3.89. The maximum absolute atomic E-state index is 10.5. The summed E-state index contributed by atoms with van der Waals surface area (Å²) in [6.07, 6.45) is 1.72. The molecule has 2 rings (SSSR count). The number of ether oxygens (including phenoxy) is 1. The van der Waals surface area contributed by atoms with E-state index in [1.165, 1.54) is 12.1 Å². The lowest BCUT2D eigenvalue weighted by molar-refractivity contribution is -0.384. The van der Waals surface area contributed by atoms with Crippen LogP contribution in [0.15, 0.2) is 42.6 Å². The van der Waals surface area contributed by atoms with Crippen LogP contribution in [0.1, 0.15) is 5.56 Å². The van der Waals surface area contributed by atoms with Crippen molar-refractivity contribution >= 4 is 5.69 Å². The first-order chi connectivity index (χ1) is 9.19. The zero-order valence-electron chi connectivity index (χ0n) is 10.4. The number of non-ortho nitro benzene ring substituents is 1. The van der Waals surface area contributed by atoms with Gasteiger partial charge >= 0.3 is 0 Å². The van der Waals surface area contributed by atoms with Crippen molar-refractivity contribution in [1.29, 1.82) is 0 Å². The molecule has 0 aliphatic rings. The number of rotatable bonds is 5. The van der Waals surface area contributed by atoms with E-state index in [1.54, 1.807) is 24.4 Å². The molecule has 0 fully saturated rings. The Bertz CT molecular complexity index is 552. The minimum absolute atomic E-state index is 0.0321. The first-order valence-electron chi connectivity index (χ1n) is 5.71. The van der Waals surface area contributed by atoms with Crippen LogP contribution in [0.2, 0.25) is 0 Å². The van der Waals surface area contributed by atoms with Crippen LogP contribution in [0.25, 0.3) is 0 Å². The van der Waals surface area contributed by atoms with Gasteiger partial charge in [0.25, 0.3) is 5.69 Å². The Labute approximate surface area is 110 Å². The average Bonchev–Trinajstić information content (AvgIpc) is 2.42. The third kappa shape index (κ3) is 3.49. The summed E-state index contributed by atoms with van der Waals surface area (Å²) >= 11 is 0. The highest BCUT2D eigenvalue weighted by atomic mass is 16.6. The predicted octanol–water partition coefficient (Wildman–Crippen LogP) is 2.50. The first-order valence-corrected chi connectivity index (χ1v) is 5.71. The van der Waals surface area contributed by atoms with Gasteiger partial charge in [-0.1, -0.05) is 6.07 Å². The molecule has 1 N–H and O–H groups in total. The number of nitrogens with zero attached hydrogens (tertiary/aromatic N) is 2. The molecule has 19 heavy (non-hydrogen) atoms. The zero-order chi connectivity index (χ0) is 13.7. The molecule has 98 valence electrons. The first kappa shape index (κ1) is 13.0. The lowest BCUT2D eigenvalue weighted by atomic mass is 10.3. The van der Waals surface area contributed by atoms with Gasteiger partial charge in [-0.2, -0.15) is 0 Å². The van der Waals surface area contributed by atoms with Gasteiger partial charge in [-0.15, -0.1) is 0 Å². The van der Waals surface area contributed by atoms with E-state index in [-0.39, 0.29) is 5.69 Å². The SMILES string of the molecule is CNCc1ccc(Oc2ccc([N+](=O)[O-])cc2)nc1. The Kier molecular flexibility index (Phi) is 4.04. The van der Waals surface area contributed by atoms with Gasteiger partial charge < -0.3 is 10.1 Å². The van der Waals surface area contributed by atoms with E-state index in [0.717, 1.165) is 12.1 Å². The Hall–Kier alpha value is -2.47. The number of nitro benzene ring substituents is 1. The maximum Gasteiger partial charge on any atom is 0.269 e. The van der Waals surface area contributed by atoms with E-state index in [9.17, 15) is 10.1 Å². The van der Waals surface area contributed by atoms with Crippen LogP contribution in [0.3, 0.4) is 0 Å². The number of nitro groups is 1. The van der Waals surface area contributed by atoms with Gasteiger partial charge in [-0.25, -0.2) is 4.98 Å². The molecule has 0 bridgehead atoms. The number of aromatic nitrogens is 1. The van der Waals surface area contributed by atoms with Crippen molar-refractivity contribution in [1.82, 2.24) is 10.3 Å². The molecule has 0 saturated carbocycles. The Morgan fingerprint density at radius 3 is 2.53 bits per heavy atom. The molecule has 0 spiro atoms. The molecule has 1 aromatic carbocycles. The normalized spacial score (nSPS) is 10.2. The molecule has 0 radical (unpaired) electrons. The van der Waals surface area contributed by atoms with Crippen molar-refractivity contribution in [3.8, 4) is 11.6 Å². The second-order valence-corrected chi connectivity index (χ2v) is 3.89. The van der Waals surface area contributed by atoms with Gasteiger partial charge in [-0.3, -0.25) is 10.1 Å². The fraction of sp³-hybridized carbons (Fsp3) is 0.154. The Morgan fingerprint density at radius 2 is 2.00 bits per heavy atom. The smallest absolute Gasteiger partial charge is 0.269 e. The van der Waals surface area contributed by atoms with Crippen LogP contribution in [0, 0.1) is 10.1 Å². The lowest BCUT2D eigenvalue weighted by Crippen LogP contribution is -2.05. The van der Waals surface area contributed by atoms with Crippen molar-refractivity contribution < 1.29 is 9.66 Å². The number of hydrogen-bond acceptors (Lipinski definition) is 5. The standard InChI is InChI=1S/C13H13N3O3/c1-14-8-10-2-7-13(15-9-10)19-12-5-3-11(4-6-12)16(17)18/h2-7,9,14H,8H2,1H3. The fourth-order valence-corrected chi connectivity index (χ4v) is 1.54. The summed E-state index contributed by atoms with van der Waals surface area (Å²) in [5, 5.41) is 13.5. The molecule has 0 atom stereocenters. The van der Waals surface area contributed by atoms with Crippen LogP contribution in [-0.4, -0.2) is 17.0 Å². The van der Waals surface area contributed by atoms with Gasteiger partial charge in [-0.05, 0) is 24.7 Å². The predicted molar refractivity (Wildman–Crippen MR) is 70.2 cm³/mol. The molecular formula is C13H13N3O3. The summed E-state index contributed by atoms with van der Waals surface area (Å²) in [5.41, 5.74) is 1.09. The zero-order valence-corrected chi connectivity index (χ0v) is 10.4. The lowest BCUT2D eigenvalue weighted by Gasteiger charge is -2.05. The summed E-state index contributed by atoms with van der Waals surface area (Å²) < 4.78 is 5.49. The minimum Gasteiger partial charge on any atom is -0.439 e. The van der Waals surface area contributed by atoms with Crippen molar-refractivity contribution in [3.63, 3.8) is 0 Å².